The summed E-state index contributed by atoms with van der Waals surface area (Å²) in [5.74, 6) is -0.0240. The lowest BCUT2D eigenvalue weighted by Crippen LogP contribution is -2.50. The van der Waals surface area contributed by atoms with Crippen LogP contribution in [0.2, 0.25) is 0 Å². The number of fused-ring (bicyclic) bond motifs is 3. The number of hydrogen-bond acceptors (Lipinski definition) is 6. The van der Waals surface area contributed by atoms with Crippen molar-refractivity contribution in [1.82, 2.24) is 10.2 Å². The maximum Gasteiger partial charge on any atom is 0.410 e. The Bertz CT molecular complexity index is 1490. The molecule has 10 heteroatoms. The van der Waals surface area contributed by atoms with Crippen molar-refractivity contribution in [3.8, 4) is 11.1 Å². The fraction of sp³-hybridized carbons (Fsp3) is 0.375. The first kappa shape index (κ1) is 28.8. The third kappa shape index (κ3) is 6.29. The standard InChI is InChI=1S/C32H36N6O4/c1-21-22(17-23(35-36-33)18-29(21)37-13-15-38(16-14-37)31(40)42-32(2,3)4)19-34-30(39)41-20-28-26-11-7-5-9-24(26)25-10-6-8-12-27(25)28/h5-12,17-18,28H,13-16,19-20H2,1-4H3,(H,34,39). The maximum atomic E-state index is 12.8. The van der Waals surface area contributed by atoms with Crippen LogP contribution in [0, 0.1) is 6.92 Å². The van der Waals surface area contributed by atoms with Crippen LogP contribution in [-0.2, 0) is 16.0 Å². The number of nitrogens with one attached hydrogen (secondary N) is 1. The van der Waals surface area contributed by atoms with Crippen molar-refractivity contribution >= 4 is 23.6 Å². The molecule has 1 aliphatic carbocycles. The van der Waals surface area contributed by atoms with Crippen LogP contribution in [0.15, 0.2) is 65.8 Å². The zero-order valence-electron chi connectivity index (χ0n) is 24.5. The summed E-state index contributed by atoms with van der Waals surface area (Å²) in [5, 5.41) is 6.70. The van der Waals surface area contributed by atoms with Gasteiger partial charge < -0.3 is 24.6 Å². The number of alkyl carbamates (subject to hydrolysis) is 1. The molecule has 1 N–H and O–H groups in total. The summed E-state index contributed by atoms with van der Waals surface area (Å²) in [5.41, 5.74) is 16.3. The summed E-state index contributed by atoms with van der Waals surface area (Å²) in [6.45, 7) is 10.2. The van der Waals surface area contributed by atoms with E-state index in [0.717, 1.165) is 27.9 Å². The van der Waals surface area contributed by atoms with E-state index in [2.05, 4.69) is 44.5 Å². The van der Waals surface area contributed by atoms with E-state index in [-0.39, 0.29) is 25.2 Å². The van der Waals surface area contributed by atoms with Crippen LogP contribution in [-0.4, -0.2) is 55.5 Å². The van der Waals surface area contributed by atoms with Crippen molar-refractivity contribution in [3.05, 3.63) is 93.4 Å². The van der Waals surface area contributed by atoms with Crippen molar-refractivity contribution < 1.29 is 19.1 Å². The Labute approximate surface area is 245 Å². The molecule has 3 aromatic rings. The molecule has 0 radical (unpaired) electrons. The van der Waals surface area contributed by atoms with Gasteiger partial charge in [-0.1, -0.05) is 53.6 Å². The van der Waals surface area contributed by atoms with Gasteiger partial charge in [0.15, 0.2) is 0 Å². The molecule has 2 aliphatic rings. The number of carbonyl (C=O) groups is 2. The van der Waals surface area contributed by atoms with Gasteiger partial charge in [0.2, 0.25) is 0 Å². The topological polar surface area (TPSA) is 120 Å². The molecule has 42 heavy (non-hydrogen) atoms. The van der Waals surface area contributed by atoms with Gasteiger partial charge in [-0.15, -0.1) is 0 Å². The molecule has 1 aliphatic heterocycles. The number of rotatable bonds is 6. The summed E-state index contributed by atoms with van der Waals surface area (Å²) in [7, 11) is 0. The highest BCUT2D eigenvalue weighted by molar-refractivity contribution is 5.79. The first-order chi connectivity index (χ1) is 20.1. The average Bonchev–Trinajstić information content (AvgIpc) is 3.29. The van der Waals surface area contributed by atoms with Gasteiger partial charge in [0, 0.05) is 54.9 Å². The number of carbonyl (C=O) groups excluding carboxylic acids is 2. The van der Waals surface area contributed by atoms with E-state index in [4.69, 9.17) is 15.0 Å². The van der Waals surface area contributed by atoms with Gasteiger partial charge >= 0.3 is 12.2 Å². The number of amides is 2. The summed E-state index contributed by atoms with van der Waals surface area (Å²) in [4.78, 5) is 32.2. The van der Waals surface area contributed by atoms with Gasteiger partial charge in [-0.25, -0.2) is 9.59 Å². The van der Waals surface area contributed by atoms with Crippen LogP contribution in [0.4, 0.5) is 21.0 Å². The first-order valence-corrected chi connectivity index (χ1v) is 14.1. The Hall–Kier alpha value is -4.69. The van der Waals surface area contributed by atoms with E-state index in [1.807, 2.05) is 58.0 Å². The Morgan fingerprint density at radius 2 is 1.62 bits per heavy atom. The zero-order chi connectivity index (χ0) is 29.9. The second-order valence-corrected chi connectivity index (χ2v) is 11.6. The molecular formula is C32H36N6O4. The minimum absolute atomic E-state index is 0.0240. The van der Waals surface area contributed by atoms with Gasteiger partial charge in [0.05, 0.1) is 0 Å². The van der Waals surface area contributed by atoms with Crippen LogP contribution in [0.25, 0.3) is 21.6 Å². The van der Waals surface area contributed by atoms with E-state index in [1.165, 1.54) is 11.1 Å². The predicted molar refractivity (Wildman–Crippen MR) is 162 cm³/mol. The monoisotopic (exact) mass is 568 g/mol. The number of nitrogens with zero attached hydrogens (tertiary/aromatic N) is 5. The van der Waals surface area contributed by atoms with Crippen LogP contribution in [0.3, 0.4) is 0 Å². The van der Waals surface area contributed by atoms with Gasteiger partial charge in [0.25, 0.3) is 0 Å². The number of benzene rings is 3. The van der Waals surface area contributed by atoms with E-state index in [9.17, 15) is 9.59 Å². The molecule has 0 unspecified atom stereocenters. The Kier molecular flexibility index (Phi) is 8.27. The van der Waals surface area contributed by atoms with E-state index < -0.39 is 11.7 Å². The zero-order valence-corrected chi connectivity index (χ0v) is 24.5. The van der Waals surface area contributed by atoms with E-state index in [0.29, 0.717) is 31.9 Å². The van der Waals surface area contributed by atoms with Crippen LogP contribution >= 0.6 is 0 Å². The molecule has 1 heterocycles. The first-order valence-electron chi connectivity index (χ1n) is 14.1. The molecule has 3 aromatic carbocycles. The predicted octanol–water partition coefficient (Wildman–Crippen LogP) is 7.03. The highest BCUT2D eigenvalue weighted by atomic mass is 16.6. The molecular weight excluding hydrogens is 532 g/mol. The molecule has 5 rings (SSSR count). The lowest BCUT2D eigenvalue weighted by atomic mass is 9.98. The molecule has 1 fully saturated rings. The lowest BCUT2D eigenvalue weighted by molar-refractivity contribution is 0.0240. The molecule has 2 amide bonds. The number of azide groups is 1. The van der Waals surface area contributed by atoms with Gasteiger partial charge in [-0.3, -0.25) is 0 Å². The van der Waals surface area contributed by atoms with Crippen LogP contribution < -0.4 is 10.2 Å². The normalized spacial score (nSPS) is 14.5. The molecule has 0 atom stereocenters. The fourth-order valence-electron chi connectivity index (χ4n) is 5.64. The Balaban J connectivity index is 1.24. The molecule has 0 spiro atoms. The number of ether oxygens (including phenoxy) is 2. The largest absolute Gasteiger partial charge is 0.449 e. The summed E-state index contributed by atoms with van der Waals surface area (Å²) < 4.78 is 11.2. The van der Waals surface area contributed by atoms with Crippen LogP contribution in [0.5, 0.6) is 0 Å². The van der Waals surface area contributed by atoms with Crippen LogP contribution in [0.1, 0.15) is 48.9 Å². The minimum Gasteiger partial charge on any atom is -0.449 e. The molecule has 10 nitrogen and oxygen atoms in total. The highest BCUT2D eigenvalue weighted by Crippen LogP contribution is 2.44. The van der Waals surface area contributed by atoms with E-state index >= 15 is 0 Å². The Morgan fingerprint density at radius 1 is 1.00 bits per heavy atom. The maximum absolute atomic E-state index is 12.8. The third-order valence-corrected chi connectivity index (χ3v) is 7.67. The third-order valence-electron chi connectivity index (χ3n) is 7.67. The molecule has 0 bridgehead atoms. The Morgan fingerprint density at radius 3 is 2.21 bits per heavy atom. The van der Waals surface area contributed by atoms with Gasteiger partial charge in [-0.05, 0) is 78.7 Å². The highest BCUT2D eigenvalue weighted by Gasteiger charge is 2.29. The second kappa shape index (κ2) is 12.0. The van der Waals surface area contributed by atoms with Crippen molar-refractivity contribution in [2.75, 3.05) is 37.7 Å². The van der Waals surface area contributed by atoms with Gasteiger partial charge in [0.1, 0.15) is 12.2 Å². The molecule has 218 valence electrons. The number of piperazine rings is 1. The second-order valence-electron chi connectivity index (χ2n) is 11.6. The minimum atomic E-state index is -0.552. The van der Waals surface area contributed by atoms with Crippen molar-refractivity contribution in [2.45, 2.75) is 45.8 Å². The van der Waals surface area contributed by atoms with E-state index in [1.54, 1.807) is 11.0 Å². The van der Waals surface area contributed by atoms with Crippen molar-refractivity contribution in [2.24, 2.45) is 5.11 Å². The SMILES string of the molecule is Cc1c(CNC(=O)OCC2c3ccccc3-c3ccccc32)cc(N=[N+]=[N-])cc1N1CCN(C(=O)OC(C)(C)C)CC1. The molecule has 1 saturated heterocycles. The number of hydrogen-bond donors (Lipinski definition) is 1. The lowest BCUT2D eigenvalue weighted by Gasteiger charge is -2.37. The van der Waals surface area contributed by atoms with Crippen molar-refractivity contribution in [3.63, 3.8) is 0 Å². The summed E-state index contributed by atoms with van der Waals surface area (Å²) >= 11 is 0. The fourth-order valence-corrected chi connectivity index (χ4v) is 5.64. The summed E-state index contributed by atoms with van der Waals surface area (Å²) in [6.07, 6.45) is -0.840. The van der Waals surface area contributed by atoms with Gasteiger partial charge in [-0.2, -0.15) is 0 Å². The average molecular weight is 569 g/mol. The number of anilines is 1. The quantitative estimate of drug-likeness (QED) is 0.194. The smallest absolute Gasteiger partial charge is 0.410 e. The molecule has 0 aromatic heterocycles. The molecule has 0 saturated carbocycles. The summed E-state index contributed by atoms with van der Waals surface area (Å²) in [6, 6.07) is 20.0. The van der Waals surface area contributed by atoms with Crippen molar-refractivity contribution in [1.29, 1.82) is 0 Å².